The fourth-order valence-corrected chi connectivity index (χ4v) is 1.81. The van der Waals surface area contributed by atoms with Gasteiger partial charge in [-0.05, 0) is 24.3 Å². The van der Waals surface area contributed by atoms with Crippen molar-refractivity contribution < 1.29 is 13.8 Å². The van der Waals surface area contributed by atoms with Gasteiger partial charge in [0.15, 0.2) is 0 Å². The minimum atomic E-state index is -0.570. The zero-order valence-electron chi connectivity index (χ0n) is 10.7. The Kier molecular flexibility index (Phi) is 3.34. The zero-order valence-corrected chi connectivity index (χ0v) is 10.7. The summed E-state index contributed by atoms with van der Waals surface area (Å²) in [6, 6.07) is 10.3. The molecule has 0 amide bonds. The Bertz CT molecular complexity index is 751. The Labute approximate surface area is 118 Å². The van der Waals surface area contributed by atoms with Gasteiger partial charge < -0.3 is 14.2 Å². The van der Waals surface area contributed by atoms with E-state index in [4.69, 9.17) is 8.83 Å². The molecule has 106 valence electrons. The van der Waals surface area contributed by atoms with E-state index < -0.39 is 4.92 Å². The highest BCUT2D eigenvalue weighted by atomic mass is 16.6. The molecule has 1 aromatic carbocycles. The Morgan fingerprint density at radius 1 is 1.29 bits per heavy atom. The Morgan fingerprint density at radius 3 is 2.90 bits per heavy atom. The van der Waals surface area contributed by atoms with E-state index >= 15 is 0 Å². The lowest BCUT2D eigenvalue weighted by Crippen LogP contribution is -1.98. The van der Waals surface area contributed by atoms with Crippen LogP contribution in [0.3, 0.4) is 0 Å². The van der Waals surface area contributed by atoms with Gasteiger partial charge in [0, 0.05) is 11.3 Å². The second-order valence-electron chi connectivity index (χ2n) is 4.18. The molecule has 0 radical (unpaired) electrons. The predicted molar refractivity (Wildman–Crippen MR) is 72.4 cm³/mol. The molecule has 0 atom stereocenters. The van der Waals surface area contributed by atoms with E-state index in [-0.39, 0.29) is 5.88 Å². The van der Waals surface area contributed by atoms with Crippen molar-refractivity contribution in [2.75, 3.05) is 5.32 Å². The molecule has 3 rings (SSSR count). The third kappa shape index (κ3) is 2.89. The number of hydrogen-bond donors (Lipinski definition) is 1. The lowest BCUT2D eigenvalue weighted by atomic mass is 10.2. The molecule has 8 nitrogen and oxygen atoms in total. The van der Waals surface area contributed by atoms with Crippen molar-refractivity contribution in [3.05, 3.63) is 58.7 Å². The largest absolute Gasteiger partial charge is 0.433 e. The second kappa shape index (κ2) is 5.45. The number of nitro groups is 1. The fraction of sp³-hybridized carbons (Fsp3) is 0.0769. The predicted octanol–water partition coefficient (Wildman–Crippen LogP) is 2.85. The molecule has 0 aliphatic rings. The summed E-state index contributed by atoms with van der Waals surface area (Å²) in [6.07, 6.45) is 1.26. The van der Waals surface area contributed by atoms with Gasteiger partial charge in [-0.2, -0.15) is 0 Å². The molecular formula is C13H10N4O4. The van der Waals surface area contributed by atoms with Crippen molar-refractivity contribution in [3.63, 3.8) is 0 Å². The minimum absolute atomic E-state index is 0.272. The first-order valence-electron chi connectivity index (χ1n) is 6.06. The number of rotatable bonds is 5. The normalized spacial score (nSPS) is 10.5. The van der Waals surface area contributed by atoms with Crippen LogP contribution >= 0.6 is 0 Å². The average molecular weight is 286 g/mol. The summed E-state index contributed by atoms with van der Waals surface area (Å²) < 4.78 is 10.2. The SMILES string of the molecule is O=[N+]([O-])c1ccc(CNc2cccc(-c3nnco3)c2)o1. The molecule has 21 heavy (non-hydrogen) atoms. The lowest BCUT2D eigenvalue weighted by Gasteiger charge is -2.05. The molecule has 0 saturated heterocycles. The van der Waals surface area contributed by atoms with Gasteiger partial charge in [-0.3, -0.25) is 10.1 Å². The van der Waals surface area contributed by atoms with Crippen molar-refractivity contribution in [3.8, 4) is 11.5 Å². The van der Waals surface area contributed by atoms with Crippen molar-refractivity contribution in [2.24, 2.45) is 0 Å². The van der Waals surface area contributed by atoms with Crippen molar-refractivity contribution in [1.29, 1.82) is 0 Å². The first-order chi connectivity index (χ1) is 10.2. The number of nitrogens with one attached hydrogen (secondary N) is 1. The molecule has 0 aliphatic carbocycles. The Morgan fingerprint density at radius 2 is 2.19 bits per heavy atom. The minimum Gasteiger partial charge on any atom is -0.423 e. The van der Waals surface area contributed by atoms with Crippen molar-refractivity contribution in [1.82, 2.24) is 10.2 Å². The number of anilines is 1. The molecule has 2 heterocycles. The van der Waals surface area contributed by atoms with Crippen LogP contribution in [0.25, 0.3) is 11.5 Å². The number of hydrogen-bond acceptors (Lipinski definition) is 7. The van der Waals surface area contributed by atoms with E-state index in [1.54, 1.807) is 6.07 Å². The Hall–Kier alpha value is -3.16. The van der Waals surface area contributed by atoms with Gasteiger partial charge in [0.25, 0.3) is 0 Å². The summed E-state index contributed by atoms with van der Waals surface area (Å²) in [7, 11) is 0. The van der Waals surface area contributed by atoms with Gasteiger partial charge in [0.1, 0.15) is 10.7 Å². The monoisotopic (exact) mass is 286 g/mol. The van der Waals surface area contributed by atoms with E-state index in [2.05, 4.69) is 15.5 Å². The first kappa shape index (κ1) is 12.9. The average Bonchev–Trinajstić information content (AvgIpc) is 3.17. The van der Waals surface area contributed by atoms with Crippen LogP contribution in [0, 0.1) is 10.1 Å². The van der Waals surface area contributed by atoms with Crippen molar-refractivity contribution >= 4 is 11.6 Å². The highest BCUT2D eigenvalue weighted by Crippen LogP contribution is 2.21. The maximum atomic E-state index is 10.5. The number of furan rings is 1. The third-order valence-electron chi connectivity index (χ3n) is 2.76. The van der Waals surface area contributed by atoms with E-state index in [0.29, 0.717) is 18.2 Å². The molecule has 0 aliphatic heterocycles. The summed E-state index contributed by atoms with van der Waals surface area (Å²) in [5.41, 5.74) is 1.59. The molecule has 0 spiro atoms. The van der Waals surface area contributed by atoms with Crippen LogP contribution in [-0.4, -0.2) is 15.1 Å². The van der Waals surface area contributed by atoms with Crippen LogP contribution in [0.4, 0.5) is 11.6 Å². The maximum absolute atomic E-state index is 10.5. The highest BCUT2D eigenvalue weighted by Gasteiger charge is 2.11. The molecular weight excluding hydrogens is 276 g/mol. The van der Waals surface area contributed by atoms with Crippen molar-refractivity contribution in [2.45, 2.75) is 6.54 Å². The molecule has 0 unspecified atom stereocenters. The highest BCUT2D eigenvalue weighted by molar-refractivity contribution is 5.60. The quantitative estimate of drug-likeness (QED) is 0.567. The second-order valence-corrected chi connectivity index (χ2v) is 4.18. The van der Waals surface area contributed by atoms with Gasteiger partial charge in [-0.25, -0.2) is 0 Å². The first-order valence-corrected chi connectivity index (χ1v) is 6.06. The van der Waals surface area contributed by atoms with Crippen LogP contribution in [0.2, 0.25) is 0 Å². The third-order valence-corrected chi connectivity index (χ3v) is 2.76. The van der Waals surface area contributed by atoms with E-state index in [1.807, 2.05) is 24.3 Å². The smallest absolute Gasteiger partial charge is 0.423 e. The zero-order chi connectivity index (χ0) is 14.7. The van der Waals surface area contributed by atoms with Gasteiger partial charge in [-0.1, -0.05) is 6.07 Å². The molecule has 0 bridgehead atoms. The number of benzene rings is 1. The molecule has 2 aromatic heterocycles. The molecule has 1 N–H and O–H groups in total. The lowest BCUT2D eigenvalue weighted by molar-refractivity contribution is -0.402. The van der Waals surface area contributed by atoms with E-state index in [9.17, 15) is 10.1 Å². The van der Waals surface area contributed by atoms with Crippen LogP contribution in [0.1, 0.15) is 5.76 Å². The van der Waals surface area contributed by atoms with Gasteiger partial charge in [0.05, 0.1) is 12.6 Å². The van der Waals surface area contributed by atoms with Crippen LogP contribution < -0.4 is 5.32 Å². The topological polar surface area (TPSA) is 107 Å². The summed E-state index contributed by atoms with van der Waals surface area (Å²) in [5, 5.41) is 21.1. The number of nitrogens with zero attached hydrogens (tertiary/aromatic N) is 3. The van der Waals surface area contributed by atoms with E-state index in [0.717, 1.165) is 11.3 Å². The van der Waals surface area contributed by atoms with Gasteiger partial charge in [-0.15, -0.1) is 10.2 Å². The number of aromatic nitrogens is 2. The molecule has 8 heteroatoms. The van der Waals surface area contributed by atoms with E-state index in [1.165, 1.54) is 12.5 Å². The standard InChI is InChI=1S/C13H10N4O4/c18-17(19)12-5-4-11(21-12)7-14-10-3-1-2-9(6-10)13-16-15-8-20-13/h1-6,8,14H,7H2. The Balaban J connectivity index is 1.70. The summed E-state index contributed by atoms with van der Waals surface area (Å²) >= 11 is 0. The summed E-state index contributed by atoms with van der Waals surface area (Å²) in [5.74, 6) is 0.628. The fourth-order valence-electron chi connectivity index (χ4n) is 1.81. The van der Waals surface area contributed by atoms with Gasteiger partial charge in [0.2, 0.25) is 12.3 Å². The van der Waals surface area contributed by atoms with Crippen LogP contribution in [0.5, 0.6) is 0 Å². The summed E-state index contributed by atoms with van der Waals surface area (Å²) in [6.45, 7) is 0.334. The maximum Gasteiger partial charge on any atom is 0.433 e. The van der Waals surface area contributed by atoms with Gasteiger partial charge >= 0.3 is 5.88 Å². The van der Waals surface area contributed by atoms with Crippen LogP contribution in [0.15, 0.2) is 51.6 Å². The van der Waals surface area contributed by atoms with Crippen LogP contribution in [-0.2, 0) is 6.54 Å². The molecule has 3 aromatic rings. The molecule has 0 fully saturated rings. The molecule has 0 saturated carbocycles. The summed E-state index contributed by atoms with van der Waals surface area (Å²) in [4.78, 5) is 9.96.